The molecule has 1 aliphatic carbocycles. The zero-order valence-electron chi connectivity index (χ0n) is 28.7. The van der Waals surface area contributed by atoms with Gasteiger partial charge in [0, 0.05) is 79.2 Å². The second-order valence-electron chi connectivity index (χ2n) is 14.7. The van der Waals surface area contributed by atoms with Crippen LogP contribution in [0.3, 0.4) is 0 Å². The van der Waals surface area contributed by atoms with Crippen LogP contribution in [-0.2, 0) is 11.2 Å². The number of benzene rings is 2. The number of fused-ring (bicyclic) bond motifs is 2. The Bertz CT molecular complexity index is 1970. The fourth-order valence-corrected chi connectivity index (χ4v) is 8.44. The van der Waals surface area contributed by atoms with Gasteiger partial charge in [-0.05, 0) is 80.0 Å². The fourth-order valence-electron chi connectivity index (χ4n) is 8.44. The molecular weight excluding hydrogens is 641 g/mol. The third-order valence-electron chi connectivity index (χ3n) is 11.6. The van der Waals surface area contributed by atoms with Crippen molar-refractivity contribution in [2.75, 3.05) is 50.8 Å². The number of nitrogens with zero attached hydrogens (tertiary/aromatic N) is 6. The van der Waals surface area contributed by atoms with E-state index in [0.717, 1.165) is 85.5 Å². The molecule has 4 aromatic rings. The number of anilines is 1. The van der Waals surface area contributed by atoms with E-state index in [2.05, 4.69) is 27.4 Å². The summed E-state index contributed by atoms with van der Waals surface area (Å²) in [6, 6.07) is 10.4. The zero-order chi connectivity index (χ0) is 34.8. The largest absolute Gasteiger partial charge is 0.481 e. The molecule has 0 bridgehead atoms. The summed E-state index contributed by atoms with van der Waals surface area (Å²) in [4.78, 5) is 33.7. The van der Waals surface area contributed by atoms with Crippen LogP contribution >= 0.6 is 0 Å². The number of hydrogen-bond donors (Lipinski definition) is 0. The Morgan fingerprint density at radius 3 is 2.50 bits per heavy atom. The Morgan fingerprint density at radius 1 is 1.08 bits per heavy atom. The SMILES string of the molecule is C=CC(=O)N1CC2(CCN(c3nc(C4CN(C5CCC5)C4)nc4c(OCC(F)(F)F)c(-c5c(C)ccc6ncccc56)c(CC)cc34)CC2)C1. The van der Waals surface area contributed by atoms with Crippen LogP contribution in [0.2, 0.25) is 0 Å². The van der Waals surface area contributed by atoms with Crippen molar-refractivity contribution >= 4 is 33.5 Å². The molecule has 5 heterocycles. The van der Waals surface area contributed by atoms with Crippen molar-refractivity contribution in [1.29, 1.82) is 0 Å². The summed E-state index contributed by atoms with van der Waals surface area (Å²) in [5.74, 6) is 1.63. The van der Waals surface area contributed by atoms with Crippen LogP contribution in [0.15, 0.2) is 49.2 Å². The topological polar surface area (TPSA) is 74.7 Å². The van der Waals surface area contributed by atoms with Crippen molar-refractivity contribution in [2.24, 2.45) is 5.41 Å². The van der Waals surface area contributed by atoms with Crippen molar-refractivity contribution in [1.82, 2.24) is 24.8 Å². The van der Waals surface area contributed by atoms with Gasteiger partial charge in [0.25, 0.3) is 0 Å². The molecule has 8 nitrogen and oxygen atoms in total. The van der Waals surface area contributed by atoms with Crippen molar-refractivity contribution in [3.63, 3.8) is 0 Å². The number of alkyl halides is 3. The van der Waals surface area contributed by atoms with Crippen LogP contribution < -0.4 is 9.64 Å². The number of likely N-dealkylation sites (tertiary alicyclic amines) is 2. The summed E-state index contributed by atoms with van der Waals surface area (Å²) in [5.41, 5.74) is 4.51. The van der Waals surface area contributed by atoms with E-state index in [0.29, 0.717) is 34.8 Å². The smallest absolute Gasteiger partial charge is 0.422 e. The highest BCUT2D eigenvalue weighted by Gasteiger charge is 2.47. The molecule has 4 aliphatic rings. The first-order valence-electron chi connectivity index (χ1n) is 17.9. The van der Waals surface area contributed by atoms with E-state index in [9.17, 15) is 18.0 Å². The summed E-state index contributed by atoms with van der Waals surface area (Å²) in [5, 5.41) is 1.57. The van der Waals surface area contributed by atoms with Gasteiger partial charge in [0.05, 0.1) is 5.52 Å². The van der Waals surface area contributed by atoms with Gasteiger partial charge in [0.1, 0.15) is 17.2 Å². The molecule has 1 spiro atoms. The predicted octanol–water partition coefficient (Wildman–Crippen LogP) is 7.22. The maximum absolute atomic E-state index is 14.0. The molecule has 2 aromatic carbocycles. The van der Waals surface area contributed by atoms with Gasteiger partial charge in [-0.3, -0.25) is 14.7 Å². The summed E-state index contributed by atoms with van der Waals surface area (Å²) < 4.78 is 47.9. The van der Waals surface area contributed by atoms with Gasteiger partial charge in [0.2, 0.25) is 5.91 Å². The number of rotatable bonds is 8. The van der Waals surface area contributed by atoms with Gasteiger partial charge in [-0.25, -0.2) is 9.97 Å². The lowest BCUT2D eigenvalue weighted by Gasteiger charge is -2.54. The first-order valence-corrected chi connectivity index (χ1v) is 17.9. The lowest BCUT2D eigenvalue weighted by atomic mass is 9.72. The number of carbonyl (C=O) groups is 1. The lowest BCUT2D eigenvalue weighted by molar-refractivity contribution is -0.153. The number of aromatic nitrogens is 3. The maximum Gasteiger partial charge on any atom is 0.422 e. The van der Waals surface area contributed by atoms with Crippen LogP contribution in [0.5, 0.6) is 5.75 Å². The molecular formula is C39H43F3N6O2. The maximum atomic E-state index is 14.0. The average Bonchev–Trinajstić information content (AvgIpc) is 3.05. The van der Waals surface area contributed by atoms with E-state index in [-0.39, 0.29) is 23.0 Å². The molecule has 262 valence electrons. The minimum Gasteiger partial charge on any atom is -0.481 e. The molecule has 0 unspecified atom stereocenters. The van der Waals surface area contributed by atoms with Gasteiger partial charge in [-0.2, -0.15) is 13.2 Å². The van der Waals surface area contributed by atoms with Crippen molar-refractivity contribution in [3.05, 3.63) is 66.1 Å². The first-order chi connectivity index (χ1) is 24.1. The molecule has 50 heavy (non-hydrogen) atoms. The number of aryl methyl sites for hydroxylation is 2. The van der Waals surface area contributed by atoms with Gasteiger partial charge < -0.3 is 14.5 Å². The molecule has 0 N–H and O–H groups in total. The third-order valence-corrected chi connectivity index (χ3v) is 11.6. The van der Waals surface area contributed by atoms with E-state index < -0.39 is 12.8 Å². The number of hydrogen-bond acceptors (Lipinski definition) is 7. The molecule has 11 heteroatoms. The summed E-state index contributed by atoms with van der Waals surface area (Å²) in [6.07, 6.45) is 4.59. The van der Waals surface area contributed by atoms with Gasteiger partial charge in [0.15, 0.2) is 12.4 Å². The minimum absolute atomic E-state index is 0.0348. The Morgan fingerprint density at radius 2 is 1.84 bits per heavy atom. The molecule has 1 saturated carbocycles. The molecule has 3 saturated heterocycles. The zero-order valence-corrected chi connectivity index (χ0v) is 28.7. The van der Waals surface area contributed by atoms with Gasteiger partial charge in [-0.15, -0.1) is 0 Å². The Labute approximate surface area is 290 Å². The van der Waals surface area contributed by atoms with Crippen LogP contribution in [0.4, 0.5) is 19.0 Å². The summed E-state index contributed by atoms with van der Waals surface area (Å²) >= 11 is 0. The van der Waals surface area contributed by atoms with Crippen LogP contribution in [0.1, 0.15) is 61.9 Å². The number of halogens is 3. The second-order valence-corrected chi connectivity index (χ2v) is 14.7. The lowest BCUT2D eigenvalue weighted by Crippen LogP contribution is -2.61. The number of piperidine rings is 1. The van der Waals surface area contributed by atoms with Crippen LogP contribution in [0, 0.1) is 12.3 Å². The second kappa shape index (κ2) is 12.5. The average molecular weight is 685 g/mol. The number of carbonyl (C=O) groups excluding carboxylic acids is 1. The molecule has 3 aliphatic heterocycles. The monoisotopic (exact) mass is 684 g/mol. The van der Waals surface area contributed by atoms with E-state index in [4.69, 9.17) is 14.7 Å². The normalized spacial score (nSPS) is 19.8. The van der Waals surface area contributed by atoms with E-state index in [1.54, 1.807) is 6.20 Å². The summed E-state index contributed by atoms with van der Waals surface area (Å²) in [6.45, 7) is 10.8. The van der Waals surface area contributed by atoms with Crippen molar-refractivity contribution in [2.45, 2.75) is 70.5 Å². The van der Waals surface area contributed by atoms with E-state index in [1.165, 1.54) is 25.3 Å². The standard InChI is InChI=1S/C39H43F3N6O2/c1-4-25-18-29-34(35(50-23-39(40,41)42)33(25)32-24(3)11-12-30-28(32)10-7-15-43-30)44-36(26-19-47(20-26)27-8-6-9-27)45-37(29)46-16-13-38(14-17-46)21-48(22-38)31(49)5-2/h5,7,10-12,15,18,26-27H,2,4,6,8-9,13-14,16-17,19-23H2,1,3H3. The Balaban J connectivity index is 1.28. The van der Waals surface area contributed by atoms with Crippen LogP contribution in [0.25, 0.3) is 32.9 Å². The summed E-state index contributed by atoms with van der Waals surface area (Å²) in [7, 11) is 0. The highest BCUT2D eigenvalue weighted by molar-refractivity contribution is 6.05. The Kier molecular flexibility index (Phi) is 8.24. The van der Waals surface area contributed by atoms with Crippen molar-refractivity contribution in [3.8, 4) is 16.9 Å². The van der Waals surface area contributed by atoms with Crippen molar-refractivity contribution < 1.29 is 22.7 Å². The molecule has 1 amide bonds. The highest BCUT2D eigenvalue weighted by Crippen LogP contribution is 2.48. The number of amides is 1. The Hall–Kier alpha value is -4.25. The van der Waals surface area contributed by atoms with E-state index in [1.807, 2.05) is 43.0 Å². The van der Waals surface area contributed by atoms with E-state index >= 15 is 0 Å². The molecule has 0 radical (unpaired) electrons. The highest BCUT2D eigenvalue weighted by atomic mass is 19.4. The van der Waals surface area contributed by atoms with Crippen LogP contribution in [-0.4, -0.2) is 88.8 Å². The number of ether oxygens (including phenoxy) is 1. The molecule has 0 atom stereocenters. The molecule has 8 rings (SSSR count). The molecule has 2 aromatic heterocycles. The quantitative estimate of drug-likeness (QED) is 0.182. The molecule has 4 fully saturated rings. The van der Waals surface area contributed by atoms with Gasteiger partial charge >= 0.3 is 6.18 Å². The third kappa shape index (κ3) is 5.77. The fraction of sp³-hybridized carbons (Fsp3) is 0.487. The van der Waals surface area contributed by atoms with Gasteiger partial charge in [-0.1, -0.05) is 32.1 Å². The minimum atomic E-state index is -4.54. The number of pyridine rings is 1. The first kappa shape index (κ1) is 32.9. The predicted molar refractivity (Wildman–Crippen MR) is 189 cm³/mol.